The number of carbonyl (C=O) groups excluding carboxylic acids is 2. The first-order valence-electron chi connectivity index (χ1n) is 26.1. The molecule has 0 amide bonds. The van der Waals surface area contributed by atoms with Crippen molar-refractivity contribution in [2.75, 3.05) is 6.61 Å². The zero-order chi connectivity index (χ0) is 53.4. The molecule has 4 fully saturated rings. The van der Waals surface area contributed by atoms with Gasteiger partial charge in [0.25, 0.3) is 0 Å². The molecule has 22 heteroatoms. The van der Waals surface area contributed by atoms with Gasteiger partial charge in [0.1, 0.15) is 67.1 Å². The minimum atomic E-state index is -1.94. The highest BCUT2D eigenvalue weighted by Crippen LogP contribution is 2.37. The number of rotatable bonds is 28. The van der Waals surface area contributed by atoms with E-state index >= 15 is 0 Å². The fraction of sp³-hybridized carbons (Fsp3) is 0.900. The molecule has 0 aromatic rings. The zero-order valence-corrected chi connectivity index (χ0v) is 43.2. The molecule has 0 aliphatic carbocycles. The molecular weight excluding hydrogens is 953 g/mol. The Morgan fingerprint density at radius 3 is 1.68 bits per heavy atom. The van der Waals surface area contributed by atoms with Gasteiger partial charge in [-0.25, -0.2) is 4.79 Å². The Bertz CT molecular complexity index is 1650. The molecule has 0 spiro atoms. The van der Waals surface area contributed by atoms with Gasteiger partial charge in [0.2, 0.25) is 0 Å². The number of carboxylic acid groups (broad SMARTS) is 1. The van der Waals surface area contributed by atoms with Gasteiger partial charge in [0.05, 0.1) is 36.9 Å². The van der Waals surface area contributed by atoms with Crippen LogP contribution in [0.2, 0.25) is 0 Å². The topological polar surface area (TPSA) is 326 Å². The van der Waals surface area contributed by atoms with E-state index in [2.05, 4.69) is 6.92 Å². The van der Waals surface area contributed by atoms with Crippen molar-refractivity contribution in [3.05, 3.63) is 11.6 Å². The number of ether oxygens (including phenoxy) is 10. The highest BCUT2D eigenvalue weighted by Gasteiger charge is 2.57. The van der Waals surface area contributed by atoms with E-state index in [0.29, 0.717) is 25.7 Å². The van der Waals surface area contributed by atoms with Crippen LogP contribution in [0.5, 0.6) is 0 Å². The lowest BCUT2D eigenvalue weighted by Gasteiger charge is -2.50. The first-order valence-corrected chi connectivity index (χ1v) is 26.1. The Morgan fingerprint density at radius 2 is 1.08 bits per heavy atom. The molecule has 72 heavy (non-hydrogen) atoms. The summed E-state index contributed by atoms with van der Waals surface area (Å²) < 4.78 is 61.1. The maximum atomic E-state index is 13.6. The van der Waals surface area contributed by atoms with E-state index < -0.39 is 153 Å². The van der Waals surface area contributed by atoms with Gasteiger partial charge in [-0.2, -0.15) is 0 Å². The minimum Gasteiger partial charge on any atom is -0.481 e. The normalized spacial score (nSPS) is 38.5. The van der Waals surface area contributed by atoms with Crippen molar-refractivity contribution in [2.45, 2.75) is 274 Å². The summed E-state index contributed by atoms with van der Waals surface area (Å²) >= 11 is 0. The zero-order valence-electron chi connectivity index (χ0n) is 43.2. The standard InChI is InChI=1S/C50H86O22/c1-9-12-18-21-30(22-19-16-14-13-15-17-20-23-32(52)53)66-48-42(36(57)33(54)27(6)63-48)71-49-43(37(58)35(56)31(24-51)67-49)72-50-44(69-46(62)26(5)11-3)41(34(55)28(7)64-50)70-47-39(60)38(59)40(29(8)65-47)68-45(61)25(4)10-2/h10,26-31,33-44,47-51,54-60H,9,11-24H2,1-8H3,(H,52,53). The molecule has 0 saturated carbocycles. The van der Waals surface area contributed by atoms with Gasteiger partial charge in [-0.15, -0.1) is 0 Å². The van der Waals surface area contributed by atoms with Gasteiger partial charge in [-0.05, 0) is 60.3 Å². The summed E-state index contributed by atoms with van der Waals surface area (Å²) in [4.78, 5) is 37.0. The summed E-state index contributed by atoms with van der Waals surface area (Å²) in [5, 5.41) is 99.0. The maximum Gasteiger partial charge on any atom is 0.333 e. The second-order valence-electron chi connectivity index (χ2n) is 19.8. The Kier molecular flexibility index (Phi) is 26.1. The van der Waals surface area contributed by atoms with E-state index in [0.717, 1.165) is 57.8 Å². The molecule has 4 saturated heterocycles. The van der Waals surface area contributed by atoms with Crippen LogP contribution in [0.25, 0.3) is 0 Å². The summed E-state index contributed by atoms with van der Waals surface area (Å²) in [7, 11) is 0. The van der Waals surface area contributed by atoms with Crippen LogP contribution in [-0.2, 0) is 61.8 Å². The summed E-state index contributed by atoms with van der Waals surface area (Å²) in [6, 6.07) is 0. The van der Waals surface area contributed by atoms with E-state index in [4.69, 9.17) is 52.5 Å². The average Bonchev–Trinajstić information content (AvgIpc) is 3.35. The lowest BCUT2D eigenvalue weighted by Crippen LogP contribution is -2.67. The van der Waals surface area contributed by atoms with E-state index in [-0.39, 0.29) is 18.1 Å². The van der Waals surface area contributed by atoms with Gasteiger partial charge in [0, 0.05) is 12.0 Å². The van der Waals surface area contributed by atoms with E-state index in [1.807, 2.05) is 0 Å². The molecule has 4 heterocycles. The third kappa shape index (κ3) is 17.0. The van der Waals surface area contributed by atoms with Gasteiger partial charge >= 0.3 is 17.9 Å². The number of hydrogen-bond acceptors (Lipinski definition) is 21. The van der Waals surface area contributed by atoms with E-state index in [1.165, 1.54) is 26.8 Å². The van der Waals surface area contributed by atoms with Gasteiger partial charge in [-0.1, -0.05) is 84.6 Å². The molecular formula is C50H86O22. The predicted molar refractivity (Wildman–Crippen MR) is 252 cm³/mol. The molecule has 22 atom stereocenters. The van der Waals surface area contributed by atoms with Gasteiger partial charge in [-0.3, -0.25) is 9.59 Å². The SMILES string of the molecule is CC=C(C)C(=O)OC1C(C)OC(OC2C(O)C(C)OC(OC3C(OC4C(OC(CCCCC)CCCCCCCCCC(=O)O)OC(C)C(O)C4O)OC(CO)C(O)C3O)C2OC(=O)C(C)CC)C(O)C1O. The van der Waals surface area contributed by atoms with Crippen molar-refractivity contribution in [1.29, 1.82) is 0 Å². The number of aliphatic hydroxyl groups excluding tert-OH is 8. The fourth-order valence-corrected chi connectivity index (χ4v) is 9.06. The van der Waals surface area contributed by atoms with Crippen LogP contribution in [-0.4, -0.2) is 199 Å². The second-order valence-corrected chi connectivity index (χ2v) is 19.8. The molecule has 22 unspecified atom stereocenters. The highest BCUT2D eigenvalue weighted by atomic mass is 16.8. The minimum absolute atomic E-state index is 0.156. The fourth-order valence-electron chi connectivity index (χ4n) is 9.06. The highest BCUT2D eigenvalue weighted by molar-refractivity contribution is 5.87. The number of unbranched alkanes of at least 4 members (excludes halogenated alkanes) is 8. The van der Waals surface area contributed by atoms with Crippen LogP contribution < -0.4 is 0 Å². The Labute approximate surface area is 423 Å². The summed E-state index contributed by atoms with van der Waals surface area (Å²) in [5.74, 6) is -3.06. The number of aliphatic carboxylic acids is 1. The predicted octanol–water partition coefficient (Wildman–Crippen LogP) is 2.02. The third-order valence-electron chi connectivity index (χ3n) is 14.2. The number of esters is 2. The van der Waals surface area contributed by atoms with Crippen molar-refractivity contribution in [3.63, 3.8) is 0 Å². The van der Waals surface area contributed by atoms with Crippen LogP contribution in [0.15, 0.2) is 11.6 Å². The summed E-state index contributed by atoms with van der Waals surface area (Å²) in [5.41, 5.74) is 0.243. The van der Waals surface area contributed by atoms with Gasteiger partial charge < -0.3 is 93.3 Å². The third-order valence-corrected chi connectivity index (χ3v) is 14.2. The van der Waals surface area contributed by atoms with Crippen molar-refractivity contribution < 1.29 is 108 Å². The second kappa shape index (κ2) is 30.3. The van der Waals surface area contributed by atoms with Crippen molar-refractivity contribution in [1.82, 2.24) is 0 Å². The van der Waals surface area contributed by atoms with Crippen LogP contribution in [0.4, 0.5) is 0 Å². The number of hydrogen-bond donors (Lipinski definition) is 9. The molecule has 0 aromatic heterocycles. The van der Waals surface area contributed by atoms with Gasteiger partial charge in [0.15, 0.2) is 37.4 Å². The Balaban J connectivity index is 1.62. The number of carboxylic acids is 1. The Hall–Kier alpha value is -2.49. The molecule has 4 aliphatic heterocycles. The lowest BCUT2D eigenvalue weighted by atomic mass is 9.95. The largest absolute Gasteiger partial charge is 0.481 e. The number of allylic oxidation sites excluding steroid dienone is 1. The maximum absolute atomic E-state index is 13.6. The molecule has 0 bridgehead atoms. The molecule has 0 aromatic carbocycles. The number of aliphatic hydroxyl groups is 8. The summed E-state index contributed by atoms with van der Waals surface area (Å²) in [6.07, 6.45) is -19.9. The molecule has 0 radical (unpaired) electrons. The van der Waals surface area contributed by atoms with E-state index in [1.54, 1.807) is 27.7 Å². The average molecular weight is 1040 g/mol. The van der Waals surface area contributed by atoms with Crippen LogP contribution in [0.1, 0.15) is 145 Å². The number of carbonyl (C=O) groups is 3. The molecule has 4 rings (SSSR count). The monoisotopic (exact) mass is 1040 g/mol. The molecule has 4 aliphatic rings. The quantitative estimate of drug-likeness (QED) is 0.0307. The van der Waals surface area contributed by atoms with Crippen molar-refractivity contribution >= 4 is 17.9 Å². The summed E-state index contributed by atoms with van der Waals surface area (Å²) in [6.45, 7) is 12.2. The van der Waals surface area contributed by atoms with E-state index in [9.17, 15) is 55.2 Å². The molecule has 22 nitrogen and oxygen atoms in total. The van der Waals surface area contributed by atoms with Crippen LogP contribution >= 0.6 is 0 Å². The smallest absolute Gasteiger partial charge is 0.333 e. The lowest BCUT2D eigenvalue weighted by molar-refractivity contribution is -0.400. The van der Waals surface area contributed by atoms with Crippen LogP contribution in [0.3, 0.4) is 0 Å². The molecule has 418 valence electrons. The van der Waals surface area contributed by atoms with Crippen molar-refractivity contribution in [3.8, 4) is 0 Å². The molecule has 9 N–H and O–H groups in total. The Morgan fingerprint density at radius 1 is 0.569 bits per heavy atom. The van der Waals surface area contributed by atoms with Crippen LogP contribution in [0, 0.1) is 5.92 Å². The first kappa shape index (κ1) is 62.1. The first-order chi connectivity index (χ1) is 34.2. The van der Waals surface area contributed by atoms with Crippen molar-refractivity contribution in [2.24, 2.45) is 5.92 Å².